The number of aromatic nitrogens is 2. The molecule has 0 fully saturated rings. The summed E-state index contributed by atoms with van der Waals surface area (Å²) < 4.78 is 5.17. The number of nitrogens with zero attached hydrogens (tertiary/aromatic N) is 2. The van der Waals surface area contributed by atoms with Gasteiger partial charge in [-0.1, -0.05) is 124 Å². The first-order valence-electron chi connectivity index (χ1n) is 14.9. The van der Waals surface area contributed by atoms with Gasteiger partial charge in [-0.15, -0.1) is 0 Å². The Balaban J connectivity index is 2.26. The van der Waals surface area contributed by atoms with Gasteiger partial charge in [-0.25, -0.2) is 9.13 Å². The van der Waals surface area contributed by atoms with Crippen LogP contribution in [0.5, 0.6) is 0 Å². The number of imidazole rings is 1. The molecule has 1 heterocycles. The number of aryl methyl sites for hydroxylation is 2. The van der Waals surface area contributed by atoms with Crippen LogP contribution in [0.4, 0.5) is 0 Å². The van der Waals surface area contributed by atoms with Crippen LogP contribution in [0.25, 0.3) is 0 Å². The van der Waals surface area contributed by atoms with E-state index in [1.165, 1.54) is 154 Å². The quantitative estimate of drug-likeness (QED) is 0.110. The van der Waals surface area contributed by atoms with Crippen LogP contribution in [0.3, 0.4) is 0 Å². The van der Waals surface area contributed by atoms with Crippen LogP contribution in [-0.4, -0.2) is 4.57 Å². The van der Waals surface area contributed by atoms with Crippen LogP contribution >= 0.6 is 0 Å². The molecule has 1 rings (SSSR count). The van der Waals surface area contributed by atoms with E-state index in [4.69, 9.17) is 0 Å². The minimum atomic E-state index is 1.22. The lowest BCUT2D eigenvalue weighted by atomic mass is 10.0. The molecule has 0 aliphatic heterocycles. The zero-order valence-electron chi connectivity index (χ0n) is 22.5. The van der Waals surface area contributed by atoms with E-state index in [-0.39, 0.29) is 0 Å². The van der Waals surface area contributed by atoms with Crippen LogP contribution in [0.2, 0.25) is 0 Å². The van der Waals surface area contributed by atoms with Gasteiger partial charge in [0.25, 0.3) is 5.82 Å². The maximum absolute atomic E-state index is 2.59. The highest BCUT2D eigenvalue weighted by Gasteiger charge is 2.16. The van der Waals surface area contributed by atoms with E-state index in [9.17, 15) is 0 Å². The van der Waals surface area contributed by atoms with Crippen LogP contribution in [0.15, 0.2) is 12.4 Å². The van der Waals surface area contributed by atoms with Gasteiger partial charge in [0.1, 0.15) is 12.4 Å². The van der Waals surface area contributed by atoms with E-state index >= 15 is 0 Å². The average Bonchev–Trinajstić information content (AvgIpc) is 3.18. The van der Waals surface area contributed by atoms with E-state index in [0.29, 0.717) is 0 Å². The Bertz CT molecular complexity index is 505. The van der Waals surface area contributed by atoms with E-state index in [1.54, 1.807) is 5.82 Å². The van der Waals surface area contributed by atoms with E-state index in [0.717, 1.165) is 0 Å². The first-order valence-corrected chi connectivity index (χ1v) is 14.9. The highest BCUT2D eigenvalue weighted by atomic mass is 15.1. The molecule has 0 N–H and O–H groups in total. The topological polar surface area (TPSA) is 8.81 Å². The van der Waals surface area contributed by atoms with Crippen molar-refractivity contribution in [2.45, 2.75) is 175 Å². The zero-order chi connectivity index (χ0) is 23.1. The molecule has 2 nitrogen and oxygen atoms in total. The Labute approximate surface area is 202 Å². The van der Waals surface area contributed by atoms with Crippen molar-refractivity contribution in [2.75, 3.05) is 0 Å². The molecule has 0 bridgehead atoms. The fourth-order valence-electron chi connectivity index (χ4n) is 4.91. The summed E-state index contributed by atoms with van der Waals surface area (Å²) >= 11 is 0. The Morgan fingerprint density at radius 3 is 1.50 bits per heavy atom. The molecule has 0 saturated heterocycles. The fourth-order valence-corrected chi connectivity index (χ4v) is 4.91. The predicted molar refractivity (Wildman–Crippen MR) is 142 cm³/mol. The summed E-state index contributed by atoms with van der Waals surface area (Å²) in [5.41, 5.74) is 0. The number of hydrogen-bond donors (Lipinski definition) is 0. The van der Waals surface area contributed by atoms with Gasteiger partial charge >= 0.3 is 0 Å². The molecular weight excluding hydrogens is 388 g/mol. The summed E-state index contributed by atoms with van der Waals surface area (Å²) in [6, 6.07) is 0. The molecule has 0 atom stereocenters. The summed E-state index contributed by atoms with van der Waals surface area (Å²) in [7, 11) is 0. The molecule has 0 saturated carbocycles. The van der Waals surface area contributed by atoms with Crippen molar-refractivity contribution in [1.82, 2.24) is 4.57 Å². The van der Waals surface area contributed by atoms with Gasteiger partial charge in [0.05, 0.1) is 13.1 Å². The Morgan fingerprint density at radius 2 is 0.969 bits per heavy atom. The SMILES string of the molecule is CCCCCCCCCCCCCCc1n(CCCCCCC)cc[n+]1CCCCCC. The van der Waals surface area contributed by atoms with E-state index < -0.39 is 0 Å². The highest BCUT2D eigenvalue weighted by Crippen LogP contribution is 2.14. The number of unbranched alkanes of at least 4 members (excludes halogenated alkanes) is 18. The Kier molecular flexibility index (Phi) is 20.1. The van der Waals surface area contributed by atoms with Crippen molar-refractivity contribution >= 4 is 0 Å². The zero-order valence-corrected chi connectivity index (χ0v) is 22.5. The van der Waals surface area contributed by atoms with Crippen LogP contribution < -0.4 is 4.57 Å². The van der Waals surface area contributed by atoms with Gasteiger partial charge in [-0.2, -0.15) is 0 Å². The average molecular weight is 448 g/mol. The van der Waals surface area contributed by atoms with Crippen molar-refractivity contribution in [2.24, 2.45) is 0 Å². The lowest BCUT2D eigenvalue weighted by molar-refractivity contribution is -0.704. The molecule has 1 aromatic rings. The predicted octanol–water partition coefficient (Wildman–Crippen LogP) is 9.57. The summed E-state index contributed by atoms with van der Waals surface area (Å²) in [4.78, 5) is 0. The van der Waals surface area contributed by atoms with Gasteiger partial charge in [0, 0.05) is 6.42 Å². The minimum absolute atomic E-state index is 1.22. The lowest BCUT2D eigenvalue weighted by Gasteiger charge is -2.07. The maximum Gasteiger partial charge on any atom is 0.256 e. The van der Waals surface area contributed by atoms with Gasteiger partial charge in [-0.05, 0) is 32.1 Å². The first kappa shape index (κ1) is 29.2. The van der Waals surface area contributed by atoms with Crippen molar-refractivity contribution in [3.63, 3.8) is 0 Å². The molecule has 0 unspecified atom stereocenters. The maximum atomic E-state index is 2.59. The second-order valence-corrected chi connectivity index (χ2v) is 10.2. The molecule has 0 spiro atoms. The third-order valence-electron chi connectivity index (χ3n) is 7.10. The molecule has 0 aromatic carbocycles. The van der Waals surface area contributed by atoms with Gasteiger partial charge in [0.15, 0.2) is 0 Å². The van der Waals surface area contributed by atoms with Crippen LogP contribution in [-0.2, 0) is 19.5 Å². The van der Waals surface area contributed by atoms with Gasteiger partial charge in [-0.3, -0.25) is 0 Å². The van der Waals surface area contributed by atoms with Crippen molar-refractivity contribution < 1.29 is 4.57 Å². The molecule has 188 valence electrons. The second-order valence-electron chi connectivity index (χ2n) is 10.2. The van der Waals surface area contributed by atoms with Crippen LogP contribution in [0.1, 0.15) is 161 Å². The van der Waals surface area contributed by atoms with E-state index in [2.05, 4.69) is 42.3 Å². The Hall–Kier alpha value is -0.790. The van der Waals surface area contributed by atoms with Crippen LogP contribution in [0, 0.1) is 0 Å². The van der Waals surface area contributed by atoms with Gasteiger partial charge < -0.3 is 0 Å². The third-order valence-corrected chi connectivity index (χ3v) is 7.10. The largest absolute Gasteiger partial charge is 0.256 e. The molecule has 0 aliphatic carbocycles. The molecule has 0 radical (unpaired) electrons. The molecular formula is C30H59N2+. The normalized spacial score (nSPS) is 11.5. The third kappa shape index (κ3) is 15.1. The monoisotopic (exact) mass is 447 g/mol. The standard InChI is InChI=1S/C30H59N2/c1-4-7-10-13-14-15-16-17-18-19-20-22-25-30-31(26-23-12-9-6-3)28-29-32(30)27-24-21-11-8-5-2/h28-29H,4-27H2,1-3H3/q+1. The molecule has 0 amide bonds. The Morgan fingerprint density at radius 1 is 0.531 bits per heavy atom. The van der Waals surface area contributed by atoms with Crippen molar-refractivity contribution in [1.29, 1.82) is 0 Å². The summed E-state index contributed by atoms with van der Waals surface area (Å²) in [6.07, 6.45) is 35.5. The van der Waals surface area contributed by atoms with E-state index in [1.807, 2.05) is 0 Å². The first-order chi connectivity index (χ1) is 15.8. The number of hydrogen-bond acceptors (Lipinski definition) is 0. The molecule has 32 heavy (non-hydrogen) atoms. The summed E-state index contributed by atoms with van der Waals surface area (Å²) in [6.45, 7) is 9.36. The molecule has 0 aliphatic rings. The number of rotatable bonds is 24. The highest BCUT2D eigenvalue weighted by molar-refractivity contribution is 4.84. The molecule has 1 aromatic heterocycles. The lowest BCUT2D eigenvalue weighted by Crippen LogP contribution is -2.37. The van der Waals surface area contributed by atoms with Gasteiger partial charge in [0.2, 0.25) is 0 Å². The smallest absolute Gasteiger partial charge is 0.234 e. The van der Waals surface area contributed by atoms with Crippen molar-refractivity contribution in [3.05, 3.63) is 18.2 Å². The van der Waals surface area contributed by atoms with Crippen molar-refractivity contribution in [3.8, 4) is 0 Å². The second kappa shape index (κ2) is 22.0. The fraction of sp³-hybridized carbons (Fsp3) is 0.900. The summed E-state index contributed by atoms with van der Waals surface area (Å²) in [5.74, 6) is 1.60. The molecule has 2 heteroatoms. The minimum Gasteiger partial charge on any atom is -0.234 e. The summed E-state index contributed by atoms with van der Waals surface area (Å²) in [5, 5.41) is 0.